The van der Waals surface area contributed by atoms with Crippen LogP contribution in [0.1, 0.15) is 155 Å². The Bertz CT molecular complexity index is 1370. The Morgan fingerprint density at radius 2 is 1.11 bits per heavy atom. The Kier molecular flexibility index (Phi) is 12.6. The zero-order chi connectivity index (χ0) is 31.4. The van der Waals surface area contributed by atoms with Gasteiger partial charge in [0.25, 0.3) is 0 Å². The van der Waals surface area contributed by atoms with E-state index in [1.165, 1.54) is 89.0 Å². The summed E-state index contributed by atoms with van der Waals surface area (Å²) in [5.74, 6) is 0.771. The second-order valence-corrected chi connectivity index (χ2v) is 13.5. The van der Waals surface area contributed by atoms with Crippen molar-refractivity contribution in [1.82, 2.24) is 0 Å². The number of anilines is 1. The minimum absolute atomic E-state index is 0.0246. The number of unbranched alkanes of at least 4 members (excludes halogenated alkanes) is 13. The highest BCUT2D eigenvalue weighted by Gasteiger charge is 2.33. The van der Waals surface area contributed by atoms with Gasteiger partial charge >= 0.3 is 0 Å². The number of hydrogen-bond acceptors (Lipinski definition) is 4. The van der Waals surface area contributed by atoms with Crippen LogP contribution in [0.4, 0.5) is 5.69 Å². The Morgan fingerprint density at radius 1 is 0.591 bits per heavy atom. The number of fused-ring (bicyclic) bond motifs is 2. The molecule has 0 saturated heterocycles. The van der Waals surface area contributed by atoms with Gasteiger partial charge in [0.15, 0.2) is 17.3 Å². The van der Waals surface area contributed by atoms with Gasteiger partial charge in [0, 0.05) is 23.2 Å². The topological polar surface area (TPSA) is 55.4 Å². The molecule has 1 N–H and O–H groups in total. The molecule has 0 spiro atoms. The fourth-order valence-electron chi connectivity index (χ4n) is 6.08. The largest absolute Gasteiger partial charge is 0.454 e. The average Bonchev–Trinajstić information content (AvgIpc) is 3.02. The third-order valence-corrected chi connectivity index (χ3v) is 8.83. The van der Waals surface area contributed by atoms with Crippen molar-refractivity contribution in [2.75, 3.05) is 11.9 Å². The summed E-state index contributed by atoms with van der Waals surface area (Å²) in [5, 5.41) is 3.53. The van der Waals surface area contributed by atoms with Gasteiger partial charge in [-0.2, -0.15) is 0 Å². The molecule has 0 atom stereocenters. The zero-order valence-electron chi connectivity index (χ0n) is 27.6. The van der Waals surface area contributed by atoms with Crippen molar-refractivity contribution in [1.29, 1.82) is 0 Å². The van der Waals surface area contributed by atoms with Gasteiger partial charge in [0.05, 0.1) is 11.3 Å². The molecule has 236 valence electrons. The lowest BCUT2D eigenvalue weighted by Gasteiger charge is -2.23. The first-order chi connectivity index (χ1) is 21.3. The fourth-order valence-corrected chi connectivity index (χ4v) is 6.08. The third kappa shape index (κ3) is 9.06. The van der Waals surface area contributed by atoms with E-state index in [0.29, 0.717) is 33.8 Å². The molecule has 0 radical (unpaired) electrons. The van der Waals surface area contributed by atoms with E-state index in [1.54, 1.807) is 30.3 Å². The van der Waals surface area contributed by atoms with E-state index in [2.05, 4.69) is 45.1 Å². The third-order valence-electron chi connectivity index (χ3n) is 8.83. The molecular formula is C40H53NO3. The maximum atomic E-state index is 13.8. The van der Waals surface area contributed by atoms with Gasteiger partial charge in [0.2, 0.25) is 0 Å². The van der Waals surface area contributed by atoms with E-state index in [9.17, 15) is 9.59 Å². The van der Waals surface area contributed by atoms with Crippen LogP contribution in [-0.4, -0.2) is 18.1 Å². The first kappa shape index (κ1) is 33.5. The van der Waals surface area contributed by atoms with Gasteiger partial charge in [0.1, 0.15) is 5.75 Å². The molecule has 0 aliphatic heterocycles. The van der Waals surface area contributed by atoms with E-state index >= 15 is 0 Å². The van der Waals surface area contributed by atoms with Crippen LogP contribution in [0.5, 0.6) is 11.5 Å². The summed E-state index contributed by atoms with van der Waals surface area (Å²) >= 11 is 0. The summed E-state index contributed by atoms with van der Waals surface area (Å²) in [6.45, 7) is 9.60. The molecule has 4 nitrogen and oxygen atoms in total. The molecule has 0 heterocycles. The molecule has 0 amide bonds. The Labute approximate surface area is 266 Å². The molecule has 4 rings (SSSR count). The Balaban J connectivity index is 1.33. The number of ketones is 2. The molecular weight excluding hydrogens is 542 g/mol. The predicted molar refractivity (Wildman–Crippen MR) is 184 cm³/mol. The normalized spacial score (nSPS) is 12.6. The van der Waals surface area contributed by atoms with Crippen molar-refractivity contribution in [3.8, 4) is 11.5 Å². The van der Waals surface area contributed by atoms with Crippen molar-refractivity contribution < 1.29 is 14.3 Å². The van der Waals surface area contributed by atoms with Gasteiger partial charge in [-0.05, 0) is 41.7 Å². The second kappa shape index (κ2) is 16.6. The standard InChI is InChI=1S/C40H53NO3/c1-5-6-7-8-9-10-11-12-13-14-15-16-17-20-29-41-35-28-27-34-36(38(43)33-22-19-18-21-32(33)37(34)42)39(35)44-31-25-23-30(24-26-31)40(2,3)4/h18-19,21-28,41H,5-17,20,29H2,1-4H3. The van der Waals surface area contributed by atoms with Crippen molar-refractivity contribution in [3.05, 3.63) is 88.5 Å². The van der Waals surface area contributed by atoms with Crippen LogP contribution in [0.2, 0.25) is 0 Å². The van der Waals surface area contributed by atoms with E-state index in [4.69, 9.17) is 4.74 Å². The van der Waals surface area contributed by atoms with E-state index < -0.39 is 0 Å². The minimum Gasteiger partial charge on any atom is -0.454 e. The van der Waals surface area contributed by atoms with Gasteiger partial charge in [-0.3, -0.25) is 9.59 Å². The second-order valence-electron chi connectivity index (χ2n) is 13.5. The van der Waals surface area contributed by atoms with E-state index in [1.807, 2.05) is 18.2 Å². The number of ether oxygens (including phenoxy) is 1. The van der Waals surface area contributed by atoms with Crippen LogP contribution in [0.15, 0.2) is 60.7 Å². The number of rotatable bonds is 18. The van der Waals surface area contributed by atoms with E-state index in [-0.39, 0.29) is 17.0 Å². The van der Waals surface area contributed by atoms with Crippen molar-refractivity contribution >= 4 is 17.3 Å². The SMILES string of the molecule is CCCCCCCCCCCCCCCCNc1ccc2c(c1Oc1ccc(C(C)(C)C)cc1)C(=O)c1ccccc1C2=O. The monoisotopic (exact) mass is 595 g/mol. The molecule has 0 saturated carbocycles. The maximum Gasteiger partial charge on any atom is 0.198 e. The van der Waals surface area contributed by atoms with Crippen LogP contribution < -0.4 is 10.1 Å². The molecule has 0 bridgehead atoms. The fraction of sp³-hybridized carbons (Fsp3) is 0.500. The number of hydrogen-bond donors (Lipinski definition) is 1. The summed E-state index contributed by atoms with van der Waals surface area (Å²) in [6, 6.07) is 18.7. The smallest absolute Gasteiger partial charge is 0.198 e. The first-order valence-corrected chi connectivity index (χ1v) is 17.2. The van der Waals surface area contributed by atoms with Gasteiger partial charge in [-0.25, -0.2) is 0 Å². The molecule has 1 aliphatic carbocycles. The van der Waals surface area contributed by atoms with Crippen molar-refractivity contribution in [2.24, 2.45) is 0 Å². The Morgan fingerprint density at radius 3 is 1.66 bits per heavy atom. The Hall–Kier alpha value is -3.40. The minimum atomic E-state index is -0.170. The number of carbonyl (C=O) groups excluding carboxylic acids is 2. The zero-order valence-corrected chi connectivity index (χ0v) is 27.6. The number of benzene rings is 3. The first-order valence-electron chi connectivity index (χ1n) is 17.2. The summed E-state index contributed by atoms with van der Waals surface area (Å²) in [6.07, 6.45) is 18.6. The van der Waals surface area contributed by atoms with E-state index in [0.717, 1.165) is 18.7 Å². The maximum absolute atomic E-state index is 13.8. The van der Waals surface area contributed by atoms with Crippen LogP contribution in [0.3, 0.4) is 0 Å². The molecule has 1 aliphatic rings. The van der Waals surface area contributed by atoms with Gasteiger partial charge in [-0.1, -0.05) is 148 Å². The summed E-state index contributed by atoms with van der Waals surface area (Å²) in [5.41, 5.74) is 3.61. The van der Waals surface area contributed by atoms with Crippen molar-refractivity contribution in [2.45, 2.75) is 123 Å². The molecule has 44 heavy (non-hydrogen) atoms. The highest BCUT2D eigenvalue weighted by Crippen LogP contribution is 2.41. The summed E-state index contributed by atoms with van der Waals surface area (Å²) in [4.78, 5) is 27.2. The molecule has 0 fully saturated rings. The number of carbonyl (C=O) groups is 2. The quantitative estimate of drug-likeness (QED) is 0.116. The van der Waals surface area contributed by atoms with Gasteiger partial charge < -0.3 is 10.1 Å². The van der Waals surface area contributed by atoms with Crippen LogP contribution >= 0.6 is 0 Å². The van der Waals surface area contributed by atoms with Crippen LogP contribution in [0, 0.1) is 0 Å². The van der Waals surface area contributed by atoms with Crippen LogP contribution in [-0.2, 0) is 5.41 Å². The van der Waals surface area contributed by atoms with Crippen molar-refractivity contribution in [3.63, 3.8) is 0 Å². The highest BCUT2D eigenvalue weighted by atomic mass is 16.5. The summed E-state index contributed by atoms with van der Waals surface area (Å²) in [7, 11) is 0. The molecule has 3 aromatic carbocycles. The molecule has 0 aromatic heterocycles. The average molecular weight is 596 g/mol. The molecule has 0 unspecified atom stereocenters. The number of nitrogens with one attached hydrogen (secondary N) is 1. The molecule has 4 heteroatoms. The highest BCUT2D eigenvalue weighted by molar-refractivity contribution is 6.29. The lowest BCUT2D eigenvalue weighted by molar-refractivity contribution is 0.0977. The lowest BCUT2D eigenvalue weighted by atomic mass is 9.83. The lowest BCUT2D eigenvalue weighted by Crippen LogP contribution is -2.22. The summed E-state index contributed by atoms with van der Waals surface area (Å²) < 4.78 is 6.45. The van der Waals surface area contributed by atoms with Gasteiger partial charge in [-0.15, -0.1) is 0 Å². The predicted octanol–water partition coefficient (Wildman–Crippen LogP) is 11.4. The molecule has 3 aromatic rings. The van der Waals surface area contributed by atoms with Crippen LogP contribution in [0.25, 0.3) is 0 Å².